The van der Waals surface area contributed by atoms with E-state index in [1.54, 1.807) is 54.6 Å². The van der Waals surface area contributed by atoms with E-state index in [0.29, 0.717) is 34.4 Å². The zero-order valence-corrected chi connectivity index (χ0v) is 20.8. The lowest BCUT2D eigenvalue weighted by Gasteiger charge is -2.11. The Labute approximate surface area is 205 Å². The van der Waals surface area contributed by atoms with Crippen LogP contribution in [0.15, 0.2) is 71.6 Å². The molecule has 10 heteroatoms. The molecule has 35 heavy (non-hydrogen) atoms. The fourth-order valence-corrected chi connectivity index (χ4v) is 5.04. The summed E-state index contributed by atoms with van der Waals surface area (Å²) in [7, 11) is -3.40. The molecule has 4 rings (SSSR count). The highest BCUT2D eigenvalue weighted by Crippen LogP contribution is 2.39. The average molecular weight is 521 g/mol. The molecule has 2 aromatic heterocycles. The number of hydrogen-bond donors (Lipinski definition) is 0. The van der Waals surface area contributed by atoms with E-state index in [0.717, 1.165) is 17.2 Å². The summed E-state index contributed by atoms with van der Waals surface area (Å²) < 4.78 is 71.6. The van der Waals surface area contributed by atoms with Gasteiger partial charge in [0.05, 0.1) is 27.8 Å². The minimum absolute atomic E-state index is 0.174. The first-order valence-corrected chi connectivity index (χ1v) is 13.4. The number of aromatic nitrogens is 2. The molecule has 0 aliphatic carbocycles. The van der Waals surface area contributed by atoms with Gasteiger partial charge in [0.2, 0.25) is 0 Å². The van der Waals surface area contributed by atoms with Gasteiger partial charge in [-0.15, -0.1) is 11.3 Å². The smallest absolute Gasteiger partial charge is 0.435 e. The van der Waals surface area contributed by atoms with Gasteiger partial charge in [-0.2, -0.15) is 18.3 Å². The monoisotopic (exact) mass is 520 g/mol. The Hall–Kier alpha value is -3.11. The maximum Gasteiger partial charge on any atom is 0.435 e. The number of rotatable bonds is 7. The van der Waals surface area contributed by atoms with Crippen molar-refractivity contribution in [1.82, 2.24) is 9.78 Å². The van der Waals surface area contributed by atoms with Crippen LogP contribution in [0.2, 0.25) is 0 Å². The number of nitrogens with zero attached hydrogens (tertiary/aromatic N) is 2. The summed E-state index contributed by atoms with van der Waals surface area (Å²) in [6.45, 7) is 4.49. The van der Waals surface area contributed by atoms with Crippen LogP contribution in [0, 0.1) is 5.92 Å². The highest BCUT2D eigenvalue weighted by atomic mass is 32.2. The van der Waals surface area contributed by atoms with Crippen molar-refractivity contribution < 1.29 is 26.3 Å². The summed E-state index contributed by atoms with van der Waals surface area (Å²) in [5.41, 5.74) is 0.366. The van der Waals surface area contributed by atoms with Crippen LogP contribution in [-0.2, 0) is 16.0 Å². The van der Waals surface area contributed by atoms with Gasteiger partial charge in [0.15, 0.2) is 15.5 Å². The summed E-state index contributed by atoms with van der Waals surface area (Å²) in [5, 5.41) is 3.86. The summed E-state index contributed by atoms with van der Waals surface area (Å²) in [5.74, 6) is 0.831. The molecule has 0 bridgehead atoms. The second-order valence-electron chi connectivity index (χ2n) is 8.49. The third-order valence-electron chi connectivity index (χ3n) is 5.05. The minimum atomic E-state index is -4.62. The highest BCUT2D eigenvalue weighted by molar-refractivity contribution is 7.90. The lowest BCUT2D eigenvalue weighted by atomic mass is 10.2. The summed E-state index contributed by atoms with van der Waals surface area (Å²) in [4.78, 5) is 1.45. The van der Waals surface area contributed by atoms with E-state index in [2.05, 4.69) is 5.10 Å². The van der Waals surface area contributed by atoms with E-state index in [1.165, 1.54) is 22.1 Å². The fraction of sp³-hybridized carbons (Fsp3) is 0.240. The topological polar surface area (TPSA) is 61.2 Å². The molecule has 0 spiro atoms. The second kappa shape index (κ2) is 9.50. The molecule has 0 fully saturated rings. The number of sulfone groups is 1. The SMILES string of the molecule is CC(C)COc1cccc(-n2nc(C(F)(F)F)cc2-c2ccc(-c3cccc(S(C)(=O)=O)c3)s2)c1. The van der Waals surface area contributed by atoms with Gasteiger partial charge in [-0.3, -0.25) is 0 Å². The van der Waals surface area contributed by atoms with Gasteiger partial charge in [0, 0.05) is 17.2 Å². The summed E-state index contributed by atoms with van der Waals surface area (Å²) >= 11 is 1.26. The number of thiophene rings is 1. The van der Waals surface area contributed by atoms with Crippen LogP contribution in [0.3, 0.4) is 0 Å². The summed E-state index contributed by atoms with van der Waals surface area (Å²) in [6.07, 6.45) is -3.49. The van der Waals surface area contributed by atoms with Crippen LogP contribution < -0.4 is 4.74 Å². The van der Waals surface area contributed by atoms with E-state index in [-0.39, 0.29) is 10.6 Å². The first kappa shape index (κ1) is 25.0. The van der Waals surface area contributed by atoms with Crippen molar-refractivity contribution in [2.24, 2.45) is 5.92 Å². The molecule has 0 N–H and O–H groups in total. The standard InChI is InChI=1S/C25H23F3N2O3S2/c1-16(2)15-33-19-8-5-7-18(13-19)30-21(14-24(29-30)25(26,27)28)23-11-10-22(34-23)17-6-4-9-20(12-17)35(3,31)32/h4-14,16H,15H2,1-3H3. The molecule has 0 aliphatic rings. The van der Waals surface area contributed by atoms with Crippen molar-refractivity contribution in [3.8, 4) is 32.4 Å². The largest absolute Gasteiger partial charge is 0.493 e. The second-order valence-corrected chi connectivity index (χ2v) is 11.6. The Balaban J connectivity index is 1.77. The molecule has 0 saturated carbocycles. The van der Waals surface area contributed by atoms with Crippen molar-refractivity contribution in [1.29, 1.82) is 0 Å². The molecule has 0 radical (unpaired) electrons. The van der Waals surface area contributed by atoms with Crippen LogP contribution in [0.4, 0.5) is 13.2 Å². The molecule has 0 aliphatic heterocycles. The lowest BCUT2D eigenvalue weighted by Crippen LogP contribution is -2.08. The molecule has 0 unspecified atom stereocenters. The Morgan fingerprint density at radius 1 is 1.00 bits per heavy atom. The van der Waals surface area contributed by atoms with Crippen molar-refractivity contribution in [2.45, 2.75) is 24.9 Å². The van der Waals surface area contributed by atoms with Crippen LogP contribution >= 0.6 is 11.3 Å². The summed E-state index contributed by atoms with van der Waals surface area (Å²) in [6, 6.07) is 17.7. The van der Waals surface area contributed by atoms with Crippen LogP contribution in [0.5, 0.6) is 5.75 Å². The molecule has 2 heterocycles. The van der Waals surface area contributed by atoms with Crippen LogP contribution in [0.1, 0.15) is 19.5 Å². The molecular formula is C25H23F3N2O3S2. The van der Waals surface area contributed by atoms with Crippen LogP contribution in [-0.4, -0.2) is 31.1 Å². The van der Waals surface area contributed by atoms with Gasteiger partial charge in [-0.1, -0.05) is 32.0 Å². The van der Waals surface area contributed by atoms with Crippen molar-refractivity contribution >= 4 is 21.2 Å². The zero-order chi connectivity index (χ0) is 25.4. The normalized spacial score (nSPS) is 12.3. The van der Waals surface area contributed by atoms with E-state index >= 15 is 0 Å². The molecular weight excluding hydrogens is 497 g/mol. The van der Waals surface area contributed by atoms with Gasteiger partial charge >= 0.3 is 6.18 Å². The molecule has 184 valence electrons. The third kappa shape index (κ3) is 5.76. The average Bonchev–Trinajstić information content (AvgIpc) is 3.45. The van der Waals surface area contributed by atoms with Crippen molar-refractivity contribution in [3.63, 3.8) is 0 Å². The molecule has 0 amide bonds. The van der Waals surface area contributed by atoms with E-state index in [1.807, 2.05) is 13.8 Å². The molecule has 0 atom stereocenters. The Morgan fingerprint density at radius 3 is 2.40 bits per heavy atom. The highest BCUT2D eigenvalue weighted by Gasteiger charge is 2.35. The first-order chi connectivity index (χ1) is 16.4. The fourth-order valence-electron chi connectivity index (χ4n) is 3.37. The number of halogens is 3. The third-order valence-corrected chi connectivity index (χ3v) is 7.32. The van der Waals surface area contributed by atoms with E-state index in [4.69, 9.17) is 4.74 Å². The molecule has 0 saturated heterocycles. The number of alkyl halides is 3. The quantitative estimate of drug-likeness (QED) is 0.271. The zero-order valence-electron chi connectivity index (χ0n) is 19.2. The van der Waals surface area contributed by atoms with Crippen molar-refractivity contribution in [2.75, 3.05) is 12.9 Å². The minimum Gasteiger partial charge on any atom is -0.493 e. The lowest BCUT2D eigenvalue weighted by molar-refractivity contribution is -0.141. The van der Waals surface area contributed by atoms with Crippen LogP contribution in [0.25, 0.3) is 26.7 Å². The number of benzene rings is 2. The predicted molar refractivity (Wildman–Crippen MR) is 131 cm³/mol. The maximum atomic E-state index is 13.6. The van der Waals surface area contributed by atoms with E-state index < -0.39 is 21.7 Å². The van der Waals surface area contributed by atoms with Gasteiger partial charge < -0.3 is 4.74 Å². The Morgan fingerprint density at radius 2 is 1.71 bits per heavy atom. The van der Waals surface area contributed by atoms with Gasteiger partial charge in [-0.25, -0.2) is 13.1 Å². The van der Waals surface area contributed by atoms with Gasteiger partial charge in [-0.05, 0) is 53.9 Å². The predicted octanol–water partition coefficient (Wildman–Crippen LogP) is 6.72. The molecule has 4 aromatic rings. The Kier molecular flexibility index (Phi) is 6.79. The Bertz CT molecular complexity index is 1450. The first-order valence-electron chi connectivity index (χ1n) is 10.7. The number of hydrogen-bond acceptors (Lipinski definition) is 5. The molecule has 2 aromatic carbocycles. The van der Waals surface area contributed by atoms with E-state index in [9.17, 15) is 21.6 Å². The maximum absolute atomic E-state index is 13.6. The number of ether oxygens (including phenoxy) is 1. The molecule has 5 nitrogen and oxygen atoms in total. The van der Waals surface area contributed by atoms with Crippen molar-refractivity contribution in [3.05, 3.63) is 72.4 Å². The van der Waals surface area contributed by atoms with Gasteiger partial charge in [0.1, 0.15) is 5.75 Å². The van der Waals surface area contributed by atoms with Gasteiger partial charge in [0.25, 0.3) is 0 Å².